The van der Waals surface area contributed by atoms with Gasteiger partial charge in [0.2, 0.25) is 0 Å². The third-order valence-electron chi connectivity index (χ3n) is 3.62. The van der Waals surface area contributed by atoms with Crippen LogP contribution >= 0.6 is 7.81 Å². The molecule has 0 aliphatic rings. The molecule has 0 saturated carbocycles. The van der Waals surface area contributed by atoms with Gasteiger partial charge in [0.05, 0.1) is 11.9 Å². The smallest absolute Gasteiger partial charge is 1.00 e. The van der Waals surface area contributed by atoms with Crippen molar-refractivity contribution in [1.82, 2.24) is 4.98 Å². The number of benzene rings is 3. The van der Waals surface area contributed by atoms with Crippen molar-refractivity contribution in [3.8, 4) is 11.1 Å². The van der Waals surface area contributed by atoms with E-state index in [9.17, 15) is 29.6 Å². The van der Waals surface area contributed by atoms with E-state index in [1.165, 1.54) is 23.3 Å². The van der Waals surface area contributed by atoms with Gasteiger partial charge in [-0.25, -0.2) is 9.37 Å². The molecule has 3 aromatic carbocycles. The summed E-state index contributed by atoms with van der Waals surface area (Å²) >= 11 is 0. The molecule has 1 heterocycles. The first kappa shape index (κ1) is 33.7. The van der Waals surface area contributed by atoms with Crippen LogP contribution in [0.2, 0.25) is 0 Å². The van der Waals surface area contributed by atoms with Crippen molar-refractivity contribution in [2.45, 2.75) is 0 Å². The number of hydrogen-bond donors (Lipinski definition) is 0. The Hall–Kier alpha value is -2.28. The zero-order valence-corrected chi connectivity index (χ0v) is 23.7. The van der Waals surface area contributed by atoms with Gasteiger partial charge in [0.25, 0.3) is 0 Å². The molecule has 0 radical (unpaired) electrons. The Morgan fingerprint density at radius 3 is 1.31 bits per heavy atom. The summed E-state index contributed by atoms with van der Waals surface area (Å²) in [5.74, 6) is 0.00825. The maximum Gasteiger partial charge on any atom is 4.00 e. The molecule has 192 valence electrons. The second kappa shape index (κ2) is 13.9. The number of pyridine rings is 1. The molecule has 0 unspecified atom stereocenters. The van der Waals surface area contributed by atoms with Crippen LogP contribution in [0.25, 0.3) is 11.1 Å². The Morgan fingerprint density at radius 1 is 0.556 bits per heavy atom. The molecule has 0 atom stereocenters. The summed E-state index contributed by atoms with van der Waals surface area (Å²) in [6.45, 7) is 0. The number of azo groups is 1. The maximum absolute atomic E-state index is 12.5. The van der Waals surface area contributed by atoms with Crippen molar-refractivity contribution in [3.05, 3.63) is 115 Å². The van der Waals surface area contributed by atoms with Crippen LogP contribution in [-0.4, -0.2) is 4.98 Å². The van der Waals surface area contributed by atoms with E-state index in [1.807, 2.05) is 42.5 Å². The van der Waals surface area contributed by atoms with Crippen LogP contribution in [0.1, 0.15) is 0 Å². The Balaban J connectivity index is 0.000000529. The number of aromatic nitrogens is 1. The Morgan fingerprint density at radius 2 is 0.944 bits per heavy atom. The van der Waals surface area contributed by atoms with E-state index in [2.05, 4.69) is 63.7 Å². The molecule has 4 aromatic rings. The molecule has 1 aromatic heterocycles. The van der Waals surface area contributed by atoms with Gasteiger partial charge in [-0.15, -0.1) is 10.2 Å². The molecule has 0 amide bonds. The van der Waals surface area contributed by atoms with Crippen molar-refractivity contribution in [1.29, 1.82) is 0 Å². The molecule has 0 aliphatic heterocycles. The van der Waals surface area contributed by atoms with Crippen LogP contribution in [0, 0.1) is 5.82 Å². The molecular weight excluding hydrogens is 799 g/mol. The fourth-order valence-electron chi connectivity index (χ4n) is 2.29. The summed E-state index contributed by atoms with van der Waals surface area (Å²) in [7, 11) is -10.7. The second-order valence-corrected chi connectivity index (χ2v) is 8.48. The minimum absolute atomic E-state index is 0. The molecule has 0 bridgehead atoms. The summed E-state index contributed by atoms with van der Waals surface area (Å²) in [5.41, 5.74) is 3.29. The topological polar surface area (TPSA) is 37.6 Å². The maximum atomic E-state index is 12.5. The molecular formula is C23H18F7IN3OsP+2. The Bertz CT molecular complexity index is 1130. The van der Waals surface area contributed by atoms with Crippen molar-refractivity contribution >= 4 is 19.3 Å². The van der Waals surface area contributed by atoms with Crippen LogP contribution in [0.4, 0.5) is 41.1 Å². The Kier molecular flexibility index (Phi) is 13.0. The zero-order chi connectivity index (χ0) is 25.1. The first-order chi connectivity index (χ1) is 15.8. The van der Waals surface area contributed by atoms with E-state index < -0.39 is 7.81 Å². The van der Waals surface area contributed by atoms with Crippen LogP contribution in [0.5, 0.6) is 0 Å². The van der Waals surface area contributed by atoms with Crippen molar-refractivity contribution < 1.29 is 73.3 Å². The van der Waals surface area contributed by atoms with Gasteiger partial charge in [-0.2, -0.15) is 0 Å². The zero-order valence-electron chi connectivity index (χ0n) is 18.1. The number of halogens is 8. The van der Waals surface area contributed by atoms with E-state index in [0.29, 0.717) is 5.82 Å². The first-order valence-corrected chi connectivity index (χ1v) is 11.5. The van der Waals surface area contributed by atoms with Gasteiger partial charge in [0.1, 0.15) is 5.82 Å². The van der Waals surface area contributed by atoms with E-state index in [4.69, 9.17) is 0 Å². The van der Waals surface area contributed by atoms with Crippen molar-refractivity contribution in [3.63, 3.8) is 0 Å². The quantitative estimate of drug-likeness (QED) is 0.0922. The largest absolute Gasteiger partial charge is 4.00 e. The third kappa shape index (κ3) is 18.1. The third-order valence-corrected chi connectivity index (χ3v) is 3.62. The molecule has 0 fully saturated rings. The van der Waals surface area contributed by atoms with Gasteiger partial charge >= 0.3 is 52.8 Å². The van der Waals surface area contributed by atoms with E-state index in [-0.39, 0.29) is 49.6 Å². The standard InChI is InChI=1S/C12H10.C11H8FN3.F6P.HI.Os/c1-3-7-11(8-4-1)12-9-5-2-6-10-12;12-9-6-7-11(13-8-9)15-14-10-4-2-1-3-5-10;1-7(2,3,4,5)6;;/h1-10H;1-8H;;1H;/q;;-1;;+4/p-1. The first-order valence-electron chi connectivity index (χ1n) is 9.51. The van der Waals surface area contributed by atoms with Crippen LogP contribution in [0.3, 0.4) is 0 Å². The van der Waals surface area contributed by atoms with Crippen LogP contribution < -0.4 is 24.0 Å². The summed E-state index contributed by atoms with van der Waals surface area (Å²) < 4.78 is 71.7. The van der Waals surface area contributed by atoms with Gasteiger partial charge < -0.3 is 24.0 Å². The molecule has 0 saturated heterocycles. The van der Waals surface area contributed by atoms with Gasteiger partial charge in [0.15, 0.2) is 5.82 Å². The SMILES string of the molecule is F[P-](F)(F)(F)(F)F.Fc1ccc(N=Nc2ccccc2)nc1.[I-].[Os+4].c1ccc(-c2ccccc2)cc1. The number of nitrogens with zero attached hydrogens (tertiary/aromatic N) is 3. The Labute approximate surface area is 233 Å². The summed E-state index contributed by atoms with van der Waals surface area (Å²) in [4.78, 5) is 3.76. The molecule has 13 heteroatoms. The number of rotatable bonds is 3. The van der Waals surface area contributed by atoms with Crippen molar-refractivity contribution in [2.75, 3.05) is 0 Å². The van der Waals surface area contributed by atoms with Crippen molar-refractivity contribution in [2.24, 2.45) is 10.2 Å². The molecule has 0 aliphatic carbocycles. The van der Waals surface area contributed by atoms with Crippen LogP contribution in [-0.2, 0) is 19.8 Å². The summed E-state index contributed by atoms with van der Waals surface area (Å²) in [5, 5.41) is 7.81. The average Bonchev–Trinajstić information content (AvgIpc) is 2.79. The molecule has 0 N–H and O–H groups in total. The van der Waals surface area contributed by atoms with Crippen LogP contribution in [0.15, 0.2) is 120 Å². The molecule has 3 nitrogen and oxygen atoms in total. The predicted octanol–water partition coefficient (Wildman–Crippen LogP) is 7.37. The molecule has 0 spiro atoms. The fraction of sp³-hybridized carbons (Fsp3) is 0. The number of hydrogen-bond acceptors (Lipinski definition) is 3. The molecule has 4 rings (SSSR count). The minimum Gasteiger partial charge on any atom is -1.00 e. The van der Waals surface area contributed by atoms with Gasteiger partial charge in [0, 0.05) is 0 Å². The fourth-order valence-corrected chi connectivity index (χ4v) is 2.29. The normalized spacial score (nSPS) is 12.2. The average molecular weight is 818 g/mol. The van der Waals surface area contributed by atoms with E-state index in [0.717, 1.165) is 11.9 Å². The van der Waals surface area contributed by atoms with Gasteiger partial charge in [-0.3, -0.25) is 0 Å². The summed E-state index contributed by atoms with van der Waals surface area (Å²) in [6, 6.07) is 32.8. The van der Waals surface area contributed by atoms with Gasteiger partial charge in [-0.1, -0.05) is 78.9 Å². The van der Waals surface area contributed by atoms with E-state index in [1.54, 1.807) is 0 Å². The van der Waals surface area contributed by atoms with E-state index >= 15 is 0 Å². The molecule has 36 heavy (non-hydrogen) atoms. The predicted molar refractivity (Wildman–Crippen MR) is 120 cm³/mol. The van der Waals surface area contributed by atoms with Gasteiger partial charge in [-0.05, 0) is 35.4 Å². The summed E-state index contributed by atoms with van der Waals surface area (Å²) in [6.07, 6.45) is 1.11. The second-order valence-electron chi connectivity index (χ2n) is 6.56. The monoisotopic (exact) mass is 819 g/mol. The minimum atomic E-state index is -10.7.